The van der Waals surface area contributed by atoms with Crippen molar-refractivity contribution in [1.82, 2.24) is 5.32 Å². The summed E-state index contributed by atoms with van der Waals surface area (Å²) in [5, 5.41) is 3.03. The molecule has 0 aromatic heterocycles. The van der Waals surface area contributed by atoms with Crippen molar-refractivity contribution in [3.05, 3.63) is 0 Å². The summed E-state index contributed by atoms with van der Waals surface area (Å²) in [5.41, 5.74) is 13.7. The minimum Gasteiger partial charge on any atom is -1.00 e. The highest BCUT2D eigenvalue weighted by Gasteiger charge is 2.17. The molecule has 12 heteroatoms. The second-order valence-electron chi connectivity index (χ2n) is 6.98. The molecule has 0 rings (SSSR count). The van der Waals surface area contributed by atoms with Crippen LogP contribution in [0.2, 0.25) is 0 Å². The Morgan fingerprint density at radius 3 is 1.53 bits per heavy atom. The minimum absolute atomic E-state index is 0. The molecule has 0 unspecified atom stereocenters. The van der Waals surface area contributed by atoms with E-state index < -0.39 is 17.9 Å². The van der Waals surface area contributed by atoms with Crippen molar-refractivity contribution in [2.75, 3.05) is 26.1 Å². The summed E-state index contributed by atoms with van der Waals surface area (Å²) in [7, 11) is 2.65. The van der Waals surface area contributed by atoms with Crippen LogP contribution in [0.25, 0.3) is 0 Å². The molecule has 8 N–H and O–H groups in total. The SMILES string of the molecule is CC(C)C[C@H]([NH3+])C(N)=O.COC(=O)CBr.COC(=O)CN[C@@H](CC(C)C)C(N)=O.[Cl-]. The predicted octanol–water partition coefficient (Wildman–Crippen LogP) is -3.66. The van der Waals surface area contributed by atoms with E-state index in [1.165, 1.54) is 14.2 Å². The number of ether oxygens (including phenoxy) is 2. The Balaban J connectivity index is -0.000000182. The second kappa shape index (κ2) is 22.3. The molecule has 0 aliphatic carbocycles. The van der Waals surface area contributed by atoms with E-state index >= 15 is 0 Å². The van der Waals surface area contributed by atoms with Crippen LogP contribution in [0.5, 0.6) is 0 Å². The zero-order valence-electron chi connectivity index (χ0n) is 18.7. The summed E-state index contributed by atoms with van der Waals surface area (Å²) in [6, 6.07) is -0.681. The molecule has 0 spiro atoms. The zero-order valence-corrected chi connectivity index (χ0v) is 21.0. The van der Waals surface area contributed by atoms with Gasteiger partial charge < -0.3 is 39.1 Å². The highest BCUT2D eigenvalue weighted by molar-refractivity contribution is 9.09. The Kier molecular flexibility index (Phi) is 26.7. The topological polar surface area (TPSA) is 178 Å². The van der Waals surface area contributed by atoms with Gasteiger partial charge in [-0.15, -0.1) is 0 Å². The lowest BCUT2D eigenvalue weighted by atomic mass is 10.0. The molecule has 180 valence electrons. The quantitative estimate of drug-likeness (QED) is 0.169. The molecule has 0 radical (unpaired) electrons. The van der Waals surface area contributed by atoms with Gasteiger partial charge in [0.15, 0.2) is 6.04 Å². The number of quaternary nitrogens is 1. The van der Waals surface area contributed by atoms with Crippen molar-refractivity contribution in [2.24, 2.45) is 23.3 Å². The third-order valence-electron chi connectivity index (χ3n) is 3.27. The van der Waals surface area contributed by atoms with Crippen molar-refractivity contribution in [2.45, 2.75) is 52.6 Å². The van der Waals surface area contributed by atoms with Crippen molar-refractivity contribution in [1.29, 1.82) is 0 Å². The van der Waals surface area contributed by atoms with Crippen LogP contribution >= 0.6 is 15.9 Å². The molecule has 0 aromatic carbocycles. The summed E-state index contributed by atoms with van der Waals surface area (Å²) in [6.45, 7) is 8.06. The maximum absolute atomic E-state index is 10.9. The molecule has 0 bridgehead atoms. The first-order valence-corrected chi connectivity index (χ1v) is 10.3. The lowest BCUT2D eigenvalue weighted by molar-refractivity contribution is -0.406. The number of hydrogen-bond donors (Lipinski definition) is 4. The number of carbonyl (C=O) groups excluding carboxylic acids is 4. The average molecular weight is 522 g/mol. The molecule has 0 aliphatic heterocycles. The molecule has 10 nitrogen and oxygen atoms in total. The largest absolute Gasteiger partial charge is 1.00 e. The number of nitrogens with two attached hydrogens (primary N) is 2. The van der Waals surface area contributed by atoms with Crippen molar-refractivity contribution in [3.8, 4) is 0 Å². The summed E-state index contributed by atoms with van der Waals surface area (Å²) >= 11 is 2.90. The number of hydrogen-bond acceptors (Lipinski definition) is 7. The number of halogens is 2. The standard InChI is InChI=1S/C9H18N2O3.C6H14N2O.C3H5BrO2.ClH/c1-6(2)4-7(9(10)13)11-5-8(12)14-3;1-4(2)3-5(7)6(8)9;1-6-3(5)2-4;/h6-7,11H,4-5H2,1-3H3,(H2,10,13);4-5H,3,7H2,1-2H3,(H2,8,9);2H2,1H3;1H/t7-;5-;;/m00../s1. The van der Waals surface area contributed by atoms with Gasteiger partial charge in [0.2, 0.25) is 5.91 Å². The van der Waals surface area contributed by atoms with Crippen molar-refractivity contribution >= 4 is 39.7 Å². The number of carbonyl (C=O) groups is 4. The highest BCUT2D eigenvalue weighted by Crippen LogP contribution is 2.03. The minimum atomic E-state index is -0.464. The van der Waals surface area contributed by atoms with Crippen LogP contribution in [-0.2, 0) is 28.7 Å². The first kappa shape index (κ1) is 36.0. The maximum atomic E-state index is 10.9. The van der Waals surface area contributed by atoms with Crippen LogP contribution in [0.3, 0.4) is 0 Å². The summed E-state index contributed by atoms with van der Waals surface area (Å²) in [4.78, 5) is 42.0. The van der Waals surface area contributed by atoms with Gasteiger partial charge in [0.05, 0.1) is 26.8 Å². The molecule has 0 fully saturated rings. The number of nitrogens with one attached hydrogen (secondary N) is 1. The molecule has 30 heavy (non-hydrogen) atoms. The van der Waals surface area contributed by atoms with Gasteiger partial charge in [-0.3, -0.25) is 24.5 Å². The van der Waals surface area contributed by atoms with Gasteiger partial charge in [0, 0.05) is 6.42 Å². The Bertz CT molecular complexity index is 489. The second-order valence-corrected chi connectivity index (χ2v) is 7.54. The van der Waals surface area contributed by atoms with Gasteiger partial charge in [0.25, 0.3) is 5.91 Å². The van der Waals surface area contributed by atoms with E-state index in [1.54, 1.807) is 0 Å². The first-order chi connectivity index (χ1) is 13.3. The number of esters is 2. The van der Waals surface area contributed by atoms with E-state index in [9.17, 15) is 19.2 Å². The van der Waals surface area contributed by atoms with E-state index in [1.807, 2.05) is 27.7 Å². The normalized spacial score (nSPS) is 11.5. The fraction of sp³-hybridized carbons (Fsp3) is 0.778. The number of primary amides is 2. The van der Waals surface area contributed by atoms with Crippen LogP contribution in [0.15, 0.2) is 0 Å². The van der Waals surface area contributed by atoms with Crippen LogP contribution in [0, 0.1) is 11.8 Å². The fourth-order valence-electron chi connectivity index (χ4n) is 1.79. The van der Waals surface area contributed by atoms with Crippen LogP contribution in [0.1, 0.15) is 40.5 Å². The van der Waals surface area contributed by atoms with E-state index in [2.05, 4.69) is 36.5 Å². The Morgan fingerprint density at radius 1 is 0.900 bits per heavy atom. The van der Waals surface area contributed by atoms with Crippen molar-refractivity contribution in [3.63, 3.8) is 0 Å². The van der Waals surface area contributed by atoms with Gasteiger partial charge in [-0.25, -0.2) is 0 Å². The van der Waals surface area contributed by atoms with Gasteiger partial charge in [0.1, 0.15) is 5.33 Å². The van der Waals surface area contributed by atoms with Gasteiger partial charge in [-0.2, -0.15) is 0 Å². The highest BCUT2D eigenvalue weighted by atomic mass is 79.9. The van der Waals surface area contributed by atoms with E-state index in [4.69, 9.17) is 11.5 Å². The molecule has 2 atom stereocenters. The van der Waals surface area contributed by atoms with E-state index in [-0.39, 0.29) is 42.2 Å². The van der Waals surface area contributed by atoms with Crippen molar-refractivity contribution < 1.29 is 46.8 Å². The lowest BCUT2D eigenvalue weighted by Crippen LogP contribution is -3.00. The molecule has 0 aromatic rings. The molecular formula is C18H38BrClN4O6. The predicted molar refractivity (Wildman–Crippen MR) is 114 cm³/mol. The Labute approximate surface area is 193 Å². The lowest BCUT2D eigenvalue weighted by Gasteiger charge is -2.16. The van der Waals surface area contributed by atoms with Crippen LogP contribution < -0.4 is 34.9 Å². The van der Waals surface area contributed by atoms with Crippen LogP contribution in [0.4, 0.5) is 0 Å². The molecular weight excluding hydrogens is 484 g/mol. The first-order valence-electron chi connectivity index (χ1n) is 9.16. The molecule has 0 saturated heterocycles. The van der Waals surface area contributed by atoms with E-state index in [0.29, 0.717) is 18.3 Å². The monoisotopic (exact) mass is 520 g/mol. The number of alkyl halides is 1. The summed E-state index contributed by atoms with van der Waals surface area (Å²) in [6.07, 6.45) is 1.40. The maximum Gasteiger partial charge on any atom is 0.319 e. The number of rotatable bonds is 10. The van der Waals surface area contributed by atoms with Gasteiger partial charge in [-0.1, -0.05) is 43.6 Å². The van der Waals surface area contributed by atoms with Gasteiger partial charge in [-0.05, 0) is 18.3 Å². The fourth-order valence-corrected chi connectivity index (χ4v) is 2.02. The number of methoxy groups -OCH3 is 2. The molecule has 0 aliphatic rings. The molecule has 2 amide bonds. The molecule has 0 saturated carbocycles. The average Bonchev–Trinajstić information content (AvgIpc) is 2.63. The summed E-state index contributed by atoms with van der Waals surface area (Å²) in [5.74, 6) is -0.543. The smallest absolute Gasteiger partial charge is 0.319 e. The Morgan fingerprint density at radius 2 is 1.33 bits per heavy atom. The number of amides is 2. The molecule has 0 heterocycles. The third kappa shape index (κ3) is 26.6. The zero-order chi connectivity index (χ0) is 23.6. The van der Waals surface area contributed by atoms with Crippen LogP contribution in [-0.4, -0.2) is 61.9 Å². The third-order valence-corrected chi connectivity index (χ3v) is 3.72. The van der Waals surface area contributed by atoms with E-state index in [0.717, 1.165) is 6.42 Å². The Hall–Kier alpha value is -1.43. The van der Waals surface area contributed by atoms with Gasteiger partial charge >= 0.3 is 11.9 Å². The summed E-state index contributed by atoms with van der Waals surface area (Å²) < 4.78 is 8.65.